The van der Waals surface area contributed by atoms with E-state index in [0.717, 1.165) is 25.7 Å². The van der Waals surface area contributed by atoms with Crippen molar-refractivity contribution in [3.63, 3.8) is 0 Å². The van der Waals surface area contributed by atoms with Gasteiger partial charge in [-0.1, -0.05) is 25.3 Å². The normalized spacial score (nSPS) is 14.6. The maximum Gasteiger partial charge on any atom is 0.337 e. The molecule has 136 valence electrons. The summed E-state index contributed by atoms with van der Waals surface area (Å²) in [5.74, 6) is -0.418. The highest BCUT2D eigenvalue weighted by atomic mass is 16.5. The number of methoxy groups -OCH3 is 1. The van der Waals surface area contributed by atoms with Crippen LogP contribution >= 0.6 is 0 Å². The number of nitrogens with zero attached hydrogens (tertiary/aromatic N) is 1. The molecule has 1 saturated carbocycles. The van der Waals surface area contributed by atoms with E-state index in [2.05, 4.69) is 5.32 Å². The quantitative estimate of drug-likeness (QED) is 0.803. The average molecular weight is 346 g/mol. The average Bonchev–Trinajstić information content (AvgIpc) is 2.64. The molecule has 1 N–H and O–H groups in total. The Kier molecular flexibility index (Phi) is 6.98. The lowest BCUT2D eigenvalue weighted by atomic mass is 9.89. The molecule has 0 aliphatic heterocycles. The first-order valence-corrected chi connectivity index (χ1v) is 8.77. The van der Waals surface area contributed by atoms with Gasteiger partial charge in [-0.2, -0.15) is 0 Å². The lowest BCUT2D eigenvalue weighted by Gasteiger charge is -2.24. The Labute approximate surface area is 148 Å². The lowest BCUT2D eigenvalue weighted by Crippen LogP contribution is -2.40. The molecule has 0 aromatic heterocycles. The molecule has 0 bridgehead atoms. The third kappa shape index (κ3) is 5.31. The van der Waals surface area contributed by atoms with E-state index in [0.29, 0.717) is 24.3 Å². The summed E-state index contributed by atoms with van der Waals surface area (Å²) in [5.41, 5.74) is 1.000. The molecule has 0 heterocycles. The third-order valence-corrected chi connectivity index (χ3v) is 4.57. The monoisotopic (exact) mass is 346 g/mol. The van der Waals surface area contributed by atoms with E-state index < -0.39 is 5.97 Å². The van der Waals surface area contributed by atoms with Crippen molar-refractivity contribution in [1.29, 1.82) is 0 Å². The number of ether oxygens (including phenoxy) is 1. The number of nitrogens with one attached hydrogen (secondary N) is 1. The molecule has 6 heteroatoms. The molecule has 0 saturated heterocycles. The molecule has 1 aromatic carbocycles. The zero-order valence-corrected chi connectivity index (χ0v) is 14.9. The molecule has 0 atom stereocenters. The summed E-state index contributed by atoms with van der Waals surface area (Å²) in [6.07, 6.45) is 5.32. The van der Waals surface area contributed by atoms with Crippen LogP contribution in [0.1, 0.15) is 49.4 Å². The van der Waals surface area contributed by atoms with Gasteiger partial charge in [-0.3, -0.25) is 9.59 Å². The highest BCUT2D eigenvalue weighted by molar-refractivity contribution is 5.95. The predicted molar refractivity (Wildman–Crippen MR) is 95.4 cm³/mol. The van der Waals surface area contributed by atoms with E-state index in [1.54, 1.807) is 29.2 Å². The van der Waals surface area contributed by atoms with Crippen molar-refractivity contribution in [2.75, 3.05) is 25.1 Å². The smallest absolute Gasteiger partial charge is 0.337 e. The summed E-state index contributed by atoms with van der Waals surface area (Å²) < 4.78 is 4.71. The van der Waals surface area contributed by atoms with Gasteiger partial charge in [0, 0.05) is 31.6 Å². The maximum absolute atomic E-state index is 12.2. The largest absolute Gasteiger partial charge is 0.465 e. The molecule has 1 aromatic rings. The van der Waals surface area contributed by atoms with Gasteiger partial charge < -0.3 is 15.0 Å². The van der Waals surface area contributed by atoms with Crippen molar-refractivity contribution >= 4 is 23.5 Å². The van der Waals surface area contributed by atoms with E-state index in [1.807, 2.05) is 0 Å². The minimum atomic E-state index is -0.448. The summed E-state index contributed by atoms with van der Waals surface area (Å²) in [5, 5.41) is 2.93. The first-order valence-electron chi connectivity index (χ1n) is 8.77. The Bertz CT molecular complexity index is 624. The fraction of sp³-hybridized carbons (Fsp3) is 0.526. The van der Waals surface area contributed by atoms with E-state index in [9.17, 15) is 14.4 Å². The van der Waals surface area contributed by atoms with Crippen molar-refractivity contribution in [3.05, 3.63) is 29.8 Å². The molecule has 1 fully saturated rings. The Morgan fingerprint density at radius 3 is 2.56 bits per heavy atom. The van der Waals surface area contributed by atoms with Gasteiger partial charge >= 0.3 is 5.97 Å². The van der Waals surface area contributed by atoms with E-state index in [-0.39, 0.29) is 17.7 Å². The number of carbonyl (C=O) groups excluding carboxylic acids is 3. The van der Waals surface area contributed by atoms with Crippen molar-refractivity contribution in [3.8, 4) is 0 Å². The minimum absolute atomic E-state index is 0.0755. The van der Waals surface area contributed by atoms with Gasteiger partial charge in [0.25, 0.3) is 0 Å². The fourth-order valence-electron chi connectivity index (χ4n) is 3.19. The molecule has 2 amide bonds. The molecule has 2 rings (SSSR count). The number of benzene rings is 1. The van der Waals surface area contributed by atoms with Crippen LogP contribution < -0.4 is 10.2 Å². The molecular weight excluding hydrogens is 320 g/mol. The second-order valence-corrected chi connectivity index (χ2v) is 6.34. The summed E-state index contributed by atoms with van der Waals surface area (Å²) >= 11 is 0. The highest BCUT2D eigenvalue weighted by Crippen LogP contribution is 2.23. The molecule has 0 radical (unpaired) electrons. The molecule has 0 unspecified atom stereocenters. The standard InChI is InChI=1S/C19H26N2O4/c1-14(22)21(17-10-6-9-16(13-17)19(24)25-2)12-11-20-18(23)15-7-4-3-5-8-15/h6,9-10,13,15H,3-5,7-8,11-12H2,1-2H3,(H,20,23). The Hall–Kier alpha value is -2.37. The predicted octanol–water partition coefficient (Wildman–Crippen LogP) is 2.52. The van der Waals surface area contributed by atoms with Crippen molar-refractivity contribution < 1.29 is 19.1 Å². The Balaban J connectivity index is 1.95. The third-order valence-electron chi connectivity index (χ3n) is 4.57. The molecular formula is C19H26N2O4. The van der Waals surface area contributed by atoms with E-state index in [1.165, 1.54) is 20.5 Å². The summed E-state index contributed by atoms with van der Waals surface area (Å²) in [6, 6.07) is 6.73. The maximum atomic E-state index is 12.2. The van der Waals surface area contributed by atoms with Crippen LogP contribution in [0.15, 0.2) is 24.3 Å². The van der Waals surface area contributed by atoms with Crippen molar-refractivity contribution in [2.24, 2.45) is 5.92 Å². The van der Waals surface area contributed by atoms with E-state index in [4.69, 9.17) is 4.74 Å². The van der Waals surface area contributed by atoms with Crippen molar-refractivity contribution in [2.45, 2.75) is 39.0 Å². The van der Waals surface area contributed by atoms with Gasteiger partial charge in [0.1, 0.15) is 0 Å². The zero-order chi connectivity index (χ0) is 18.2. The van der Waals surface area contributed by atoms with E-state index >= 15 is 0 Å². The number of carbonyl (C=O) groups is 3. The van der Waals surface area contributed by atoms with Gasteiger partial charge in [-0.05, 0) is 31.0 Å². The van der Waals surface area contributed by atoms with Crippen LogP contribution in [-0.4, -0.2) is 38.0 Å². The van der Waals surface area contributed by atoms with Gasteiger partial charge in [-0.25, -0.2) is 4.79 Å². The molecule has 1 aliphatic carbocycles. The molecule has 0 spiro atoms. The van der Waals surface area contributed by atoms with Crippen LogP contribution in [0, 0.1) is 5.92 Å². The van der Waals surface area contributed by atoms with Gasteiger partial charge in [-0.15, -0.1) is 0 Å². The number of rotatable bonds is 6. The zero-order valence-electron chi connectivity index (χ0n) is 14.9. The van der Waals surface area contributed by atoms with Crippen LogP contribution in [-0.2, 0) is 14.3 Å². The lowest BCUT2D eigenvalue weighted by molar-refractivity contribution is -0.126. The number of hydrogen-bond acceptors (Lipinski definition) is 4. The Morgan fingerprint density at radius 2 is 1.92 bits per heavy atom. The number of anilines is 1. The molecule has 6 nitrogen and oxygen atoms in total. The first-order chi connectivity index (χ1) is 12.0. The van der Waals surface area contributed by atoms with Crippen LogP contribution in [0.25, 0.3) is 0 Å². The Morgan fingerprint density at radius 1 is 1.20 bits per heavy atom. The van der Waals surface area contributed by atoms with Crippen LogP contribution in [0.4, 0.5) is 5.69 Å². The SMILES string of the molecule is COC(=O)c1cccc(N(CCNC(=O)C2CCCCC2)C(C)=O)c1. The van der Waals surface area contributed by atoms with Crippen LogP contribution in [0.5, 0.6) is 0 Å². The minimum Gasteiger partial charge on any atom is -0.465 e. The highest BCUT2D eigenvalue weighted by Gasteiger charge is 2.21. The van der Waals surface area contributed by atoms with Crippen LogP contribution in [0.2, 0.25) is 0 Å². The topological polar surface area (TPSA) is 75.7 Å². The number of amides is 2. The molecule has 1 aliphatic rings. The summed E-state index contributed by atoms with van der Waals surface area (Å²) in [7, 11) is 1.32. The fourth-order valence-corrected chi connectivity index (χ4v) is 3.19. The van der Waals surface area contributed by atoms with Gasteiger partial charge in [0.05, 0.1) is 12.7 Å². The van der Waals surface area contributed by atoms with Gasteiger partial charge in [0.2, 0.25) is 11.8 Å². The molecule has 25 heavy (non-hydrogen) atoms. The number of esters is 1. The second kappa shape index (κ2) is 9.20. The summed E-state index contributed by atoms with van der Waals surface area (Å²) in [6.45, 7) is 2.21. The summed E-state index contributed by atoms with van der Waals surface area (Å²) in [4.78, 5) is 37.4. The van der Waals surface area contributed by atoms with Crippen LogP contribution in [0.3, 0.4) is 0 Å². The van der Waals surface area contributed by atoms with Crippen molar-refractivity contribution in [1.82, 2.24) is 5.32 Å². The number of hydrogen-bond donors (Lipinski definition) is 1. The van der Waals surface area contributed by atoms with Gasteiger partial charge in [0.15, 0.2) is 0 Å². The second-order valence-electron chi connectivity index (χ2n) is 6.34. The first kappa shape index (κ1) is 19.0.